The number of nitrogens with one attached hydrogen (secondary N) is 3. The van der Waals surface area contributed by atoms with Crippen LogP contribution in [0.3, 0.4) is 0 Å². The normalized spacial score (nSPS) is 10.5. The zero-order chi connectivity index (χ0) is 22.5. The number of aromatic amines is 1. The molecule has 3 rings (SSSR count). The summed E-state index contributed by atoms with van der Waals surface area (Å²) in [5.41, 5.74) is 0.207. The first-order valence-corrected chi connectivity index (χ1v) is 9.79. The maximum Gasteiger partial charge on any atom is 0.291 e. The number of carbonyl (C=O) groups is 1. The summed E-state index contributed by atoms with van der Waals surface area (Å²) in [6.45, 7) is 2.30. The minimum Gasteiger partial charge on any atom is -0.505 e. The molecule has 0 aliphatic carbocycles. The number of amides is 1. The Morgan fingerprint density at radius 2 is 1.77 bits per heavy atom. The maximum atomic E-state index is 13.0. The highest BCUT2D eigenvalue weighted by atomic mass is 16.3. The number of nitrogens with zero attached hydrogens (tertiary/aromatic N) is 2. The third-order valence-electron chi connectivity index (χ3n) is 4.73. The van der Waals surface area contributed by atoms with E-state index in [2.05, 4.69) is 15.7 Å². The molecule has 0 fully saturated rings. The molecule has 0 saturated carbocycles. The van der Waals surface area contributed by atoms with Gasteiger partial charge in [0.05, 0.1) is 11.3 Å². The first-order chi connectivity index (χ1) is 14.8. The predicted molar refractivity (Wildman–Crippen MR) is 120 cm³/mol. The van der Waals surface area contributed by atoms with E-state index in [-0.39, 0.29) is 40.8 Å². The van der Waals surface area contributed by atoms with Gasteiger partial charge in [0, 0.05) is 27.2 Å². The van der Waals surface area contributed by atoms with Gasteiger partial charge in [-0.2, -0.15) is 0 Å². The molecule has 0 radical (unpaired) electrons. The van der Waals surface area contributed by atoms with Crippen molar-refractivity contribution in [1.29, 1.82) is 0 Å². The van der Waals surface area contributed by atoms with Crippen LogP contribution >= 0.6 is 0 Å². The Morgan fingerprint density at radius 1 is 1.06 bits per heavy atom. The second kappa shape index (κ2) is 9.21. The van der Waals surface area contributed by atoms with Crippen molar-refractivity contribution in [2.75, 3.05) is 24.7 Å². The summed E-state index contributed by atoms with van der Waals surface area (Å²) in [7, 11) is 3.15. The number of hydrogen-bond donors (Lipinski definition) is 4. The number of phenols is 1. The van der Waals surface area contributed by atoms with Gasteiger partial charge < -0.3 is 20.6 Å². The monoisotopic (exact) mass is 423 g/mol. The number of benzene rings is 2. The van der Waals surface area contributed by atoms with Crippen LogP contribution in [-0.2, 0) is 13.1 Å². The largest absolute Gasteiger partial charge is 0.505 e. The minimum absolute atomic E-state index is 0.0220. The fraction of sp³-hybridized carbons (Fsp3) is 0.227. The summed E-state index contributed by atoms with van der Waals surface area (Å²) in [6, 6.07) is 14.0. The second-order valence-electron chi connectivity index (χ2n) is 7.11. The van der Waals surface area contributed by atoms with E-state index in [1.54, 1.807) is 27.1 Å². The molecule has 1 heterocycles. The van der Waals surface area contributed by atoms with Crippen molar-refractivity contribution in [2.24, 2.45) is 0 Å². The van der Waals surface area contributed by atoms with E-state index in [1.165, 1.54) is 21.7 Å². The zero-order valence-corrected chi connectivity index (χ0v) is 17.6. The Hall–Kier alpha value is -4.01. The molecule has 162 valence electrons. The number of rotatable bonds is 7. The van der Waals surface area contributed by atoms with E-state index in [9.17, 15) is 19.5 Å². The number of hydrogen-bond acceptors (Lipinski definition) is 6. The van der Waals surface area contributed by atoms with Gasteiger partial charge in [-0.3, -0.25) is 19.5 Å². The van der Waals surface area contributed by atoms with Gasteiger partial charge in [0.25, 0.3) is 17.0 Å². The molecule has 1 aromatic heterocycles. The van der Waals surface area contributed by atoms with Gasteiger partial charge in [0.1, 0.15) is 11.4 Å². The number of aryl methyl sites for hydroxylation is 1. The lowest BCUT2D eigenvalue weighted by Crippen LogP contribution is -2.33. The Bertz CT molecular complexity index is 1200. The van der Waals surface area contributed by atoms with Crippen molar-refractivity contribution in [3.05, 3.63) is 80.4 Å². The molecular weight excluding hydrogens is 398 g/mol. The molecule has 9 nitrogen and oxygen atoms in total. The molecule has 0 bridgehead atoms. The summed E-state index contributed by atoms with van der Waals surface area (Å²) < 4.78 is 1.17. The van der Waals surface area contributed by atoms with Crippen LogP contribution in [0.5, 0.6) is 5.75 Å². The SMILES string of the molecule is CCn1[nH]c(=O)c(NCc2ccccc2)c(Nc2cccc(C(=O)N(C)C)c2O)c1=O. The molecule has 0 aliphatic heterocycles. The Balaban J connectivity index is 2.05. The Labute approximate surface area is 178 Å². The van der Waals surface area contributed by atoms with Crippen molar-refractivity contribution < 1.29 is 9.90 Å². The third kappa shape index (κ3) is 4.61. The fourth-order valence-corrected chi connectivity index (χ4v) is 3.07. The lowest BCUT2D eigenvalue weighted by Gasteiger charge is -2.17. The highest BCUT2D eigenvalue weighted by Crippen LogP contribution is 2.31. The summed E-state index contributed by atoms with van der Waals surface area (Å²) >= 11 is 0. The fourth-order valence-electron chi connectivity index (χ4n) is 3.07. The Kier molecular flexibility index (Phi) is 6.44. The number of H-pyrrole nitrogens is 1. The van der Waals surface area contributed by atoms with Gasteiger partial charge in [0.15, 0.2) is 5.75 Å². The minimum atomic E-state index is -0.486. The standard InChI is InChI=1S/C22H25N5O4/c1-4-27-22(31)18(17(20(29)25-27)23-13-14-9-6-5-7-10-14)24-16-12-8-11-15(19(16)28)21(30)26(2)3/h5-12,23-24,28H,4,13H2,1-3H3,(H,25,29). The van der Waals surface area contributed by atoms with E-state index in [4.69, 9.17) is 0 Å². The van der Waals surface area contributed by atoms with Gasteiger partial charge in [0.2, 0.25) is 0 Å². The van der Waals surface area contributed by atoms with Crippen LogP contribution in [-0.4, -0.2) is 39.8 Å². The molecule has 0 saturated heterocycles. The molecule has 4 N–H and O–H groups in total. The van der Waals surface area contributed by atoms with Gasteiger partial charge in [-0.1, -0.05) is 36.4 Å². The van der Waals surface area contributed by atoms with Crippen LogP contribution in [0.15, 0.2) is 58.1 Å². The van der Waals surface area contributed by atoms with E-state index in [0.717, 1.165) is 5.56 Å². The lowest BCUT2D eigenvalue weighted by atomic mass is 10.1. The van der Waals surface area contributed by atoms with Crippen molar-refractivity contribution in [3.8, 4) is 5.75 Å². The first-order valence-electron chi connectivity index (χ1n) is 9.79. The van der Waals surface area contributed by atoms with E-state index in [1.807, 2.05) is 30.3 Å². The molecule has 0 aliphatic rings. The van der Waals surface area contributed by atoms with Crippen LogP contribution < -0.4 is 21.8 Å². The van der Waals surface area contributed by atoms with Crippen LogP contribution in [0.25, 0.3) is 0 Å². The van der Waals surface area contributed by atoms with E-state index < -0.39 is 11.1 Å². The maximum absolute atomic E-state index is 13.0. The number of aromatic nitrogens is 2. The van der Waals surface area contributed by atoms with Gasteiger partial charge in [-0.15, -0.1) is 0 Å². The summed E-state index contributed by atoms with van der Waals surface area (Å²) in [5.74, 6) is -0.696. The molecule has 2 aromatic carbocycles. The smallest absolute Gasteiger partial charge is 0.291 e. The Morgan fingerprint density at radius 3 is 2.42 bits per heavy atom. The number of aromatic hydroxyl groups is 1. The summed E-state index contributed by atoms with van der Waals surface area (Å²) in [5, 5.41) is 19.0. The van der Waals surface area contributed by atoms with Crippen LogP contribution in [0.2, 0.25) is 0 Å². The number of anilines is 3. The molecular formula is C22H25N5O4. The number of para-hydroxylation sites is 1. The lowest BCUT2D eigenvalue weighted by molar-refractivity contribution is 0.0824. The molecule has 3 aromatic rings. The van der Waals surface area contributed by atoms with Crippen molar-refractivity contribution in [3.63, 3.8) is 0 Å². The van der Waals surface area contributed by atoms with Crippen molar-refractivity contribution >= 4 is 23.0 Å². The van der Waals surface area contributed by atoms with Gasteiger partial charge >= 0.3 is 0 Å². The number of carbonyl (C=O) groups excluding carboxylic acids is 1. The van der Waals surface area contributed by atoms with Crippen LogP contribution in [0.4, 0.5) is 17.1 Å². The molecule has 0 atom stereocenters. The highest BCUT2D eigenvalue weighted by molar-refractivity contribution is 5.98. The van der Waals surface area contributed by atoms with Crippen molar-refractivity contribution in [2.45, 2.75) is 20.0 Å². The molecule has 0 spiro atoms. The first kappa shape index (κ1) is 21.7. The summed E-state index contributed by atoms with van der Waals surface area (Å²) in [4.78, 5) is 39.3. The average Bonchev–Trinajstić information content (AvgIpc) is 2.77. The molecule has 31 heavy (non-hydrogen) atoms. The van der Waals surface area contributed by atoms with Crippen LogP contribution in [0.1, 0.15) is 22.8 Å². The van der Waals surface area contributed by atoms with Gasteiger partial charge in [-0.05, 0) is 24.6 Å². The third-order valence-corrected chi connectivity index (χ3v) is 4.73. The summed E-state index contributed by atoms with van der Waals surface area (Å²) in [6.07, 6.45) is 0. The highest BCUT2D eigenvalue weighted by Gasteiger charge is 2.20. The quantitative estimate of drug-likeness (QED) is 0.433. The zero-order valence-electron chi connectivity index (χ0n) is 17.6. The average molecular weight is 423 g/mol. The second-order valence-corrected chi connectivity index (χ2v) is 7.11. The number of phenolic OH excluding ortho intramolecular Hbond substituents is 1. The molecule has 9 heteroatoms. The molecule has 1 amide bonds. The van der Waals surface area contributed by atoms with E-state index in [0.29, 0.717) is 6.54 Å². The van der Waals surface area contributed by atoms with Crippen molar-refractivity contribution in [1.82, 2.24) is 14.7 Å². The van der Waals surface area contributed by atoms with Gasteiger partial charge in [-0.25, -0.2) is 4.68 Å². The van der Waals surface area contributed by atoms with Crippen LogP contribution in [0, 0.1) is 0 Å². The topological polar surface area (TPSA) is 119 Å². The predicted octanol–water partition coefficient (Wildman–Crippen LogP) is 2.32. The van der Waals surface area contributed by atoms with E-state index >= 15 is 0 Å². The molecule has 0 unspecified atom stereocenters.